The van der Waals surface area contributed by atoms with Crippen LogP contribution in [0.1, 0.15) is 12.8 Å². The monoisotopic (exact) mass is 195 g/mol. The number of hydrogen-bond donors (Lipinski definition) is 0. The molecular formula is C10H15N2O2+. The van der Waals surface area contributed by atoms with E-state index in [1.54, 1.807) is 6.20 Å². The lowest BCUT2D eigenvalue weighted by atomic mass is 10.3. The maximum absolute atomic E-state index is 10.8. The first-order valence-corrected chi connectivity index (χ1v) is 4.52. The lowest BCUT2D eigenvalue weighted by molar-refractivity contribution is -0.696. The van der Waals surface area contributed by atoms with Gasteiger partial charge in [0.1, 0.15) is 12.4 Å². The third kappa shape index (κ3) is 3.05. The number of hydrogen-bond acceptors (Lipinski definition) is 2. The van der Waals surface area contributed by atoms with Crippen LogP contribution in [-0.2, 0) is 16.1 Å². The van der Waals surface area contributed by atoms with Gasteiger partial charge in [-0.3, -0.25) is 4.79 Å². The molecule has 1 rings (SSSR count). The van der Waals surface area contributed by atoms with Crippen LogP contribution in [0.5, 0.6) is 0 Å². The Kier molecular flexibility index (Phi) is 3.91. The first-order chi connectivity index (χ1) is 6.76. The Morgan fingerprint density at radius 3 is 3.07 bits per heavy atom. The number of imidazole rings is 1. The molecule has 0 saturated carbocycles. The number of aryl methyl sites for hydroxylation is 1. The standard InChI is InChI=1S/C10H15N2O2/c1-3-11-7-8-12(9-11)6-4-5-10(13)14-2/h3,7-9H,1,4-6H2,2H3/q+1. The lowest BCUT2D eigenvalue weighted by Crippen LogP contribution is -2.31. The molecule has 4 heteroatoms. The van der Waals surface area contributed by atoms with Gasteiger partial charge in [-0.1, -0.05) is 6.58 Å². The molecule has 0 aromatic carbocycles. The number of esters is 1. The van der Waals surface area contributed by atoms with Crippen molar-refractivity contribution in [2.24, 2.45) is 0 Å². The molecule has 1 heterocycles. The van der Waals surface area contributed by atoms with E-state index in [-0.39, 0.29) is 5.97 Å². The van der Waals surface area contributed by atoms with Crippen LogP contribution in [0.15, 0.2) is 25.3 Å². The van der Waals surface area contributed by atoms with Gasteiger partial charge in [0.05, 0.1) is 19.9 Å². The van der Waals surface area contributed by atoms with Crippen LogP contribution in [-0.4, -0.2) is 17.6 Å². The molecule has 0 fully saturated rings. The molecule has 1 aromatic heterocycles. The zero-order valence-electron chi connectivity index (χ0n) is 8.35. The second-order valence-corrected chi connectivity index (χ2v) is 2.96. The minimum absolute atomic E-state index is 0.159. The largest absolute Gasteiger partial charge is 0.469 e. The van der Waals surface area contributed by atoms with Crippen LogP contribution < -0.4 is 4.57 Å². The van der Waals surface area contributed by atoms with Crippen LogP contribution in [0.4, 0.5) is 0 Å². The summed E-state index contributed by atoms with van der Waals surface area (Å²) in [5, 5.41) is 0. The minimum Gasteiger partial charge on any atom is -0.469 e. The summed E-state index contributed by atoms with van der Waals surface area (Å²) >= 11 is 0. The first-order valence-electron chi connectivity index (χ1n) is 4.52. The van der Waals surface area contributed by atoms with Crippen LogP contribution in [0, 0.1) is 0 Å². The van der Waals surface area contributed by atoms with Crippen molar-refractivity contribution in [3.05, 3.63) is 25.3 Å². The Morgan fingerprint density at radius 2 is 2.50 bits per heavy atom. The van der Waals surface area contributed by atoms with Gasteiger partial charge in [0, 0.05) is 6.42 Å². The molecule has 0 aliphatic heterocycles. The van der Waals surface area contributed by atoms with Gasteiger partial charge in [0.25, 0.3) is 0 Å². The Bertz CT molecular complexity index is 318. The number of carbonyl (C=O) groups excluding carboxylic acids is 1. The van der Waals surface area contributed by atoms with E-state index in [1.807, 2.05) is 27.9 Å². The maximum atomic E-state index is 10.8. The van der Waals surface area contributed by atoms with Crippen LogP contribution in [0.25, 0.3) is 6.20 Å². The van der Waals surface area contributed by atoms with E-state index >= 15 is 0 Å². The number of ether oxygens (including phenoxy) is 1. The van der Waals surface area contributed by atoms with E-state index in [0.29, 0.717) is 6.42 Å². The fraction of sp³-hybridized carbons (Fsp3) is 0.400. The molecule has 0 spiro atoms. The Balaban J connectivity index is 2.31. The summed E-state index contributed by atoms with van der Waals surface area (Å²) in [4.78, 5) is 10.8. The van der Waals surface area contributed by atoms with Crippen molar-refractivity contribution in [2.45, 2.75) is 19.4 Å². The Labute approximate surface area is 83.4 Å². The van der Waals surface area contributed by atoms with E-state index < -0.39 is 0 Å². The van der Waals surface area contributed by atoms with Gasteiger partial charge >= 0.3 is 5.97 Å². The second-order valence-electron chi connectivity index (χ2n) is 2.96. The highest BCUT2D eigenvalue weighted by atomic mass is 16.5. The van der Waals surface area contributed by atoms with Gasteiger partial charge in [0.15, 0.2) is 0 Å². The summed E-state index contributed by atoms with van der Waals surface area (Å²) < 4.78 is 8.41. The van der Waals surface area contributed by atoms with E-state index in [0.717, 1.165) is 13.0 Å². The van der Waals surface area contributed by atoms with Gasteiger partial charge in [-0.05, 0) is 6.42 Å². The summed E-state index contributed by atoms with van der Waals surface area (Å²) in [6.07, 6.45) is 8.74. The predicted octanol–water partition coefficient (Wildman–Crippen LogP) is 0.829. The number of methoxy groups -OCH3 is 1. The van der Waals surface area contributed by atoms with Gasteiger partial charge < -0.3 is 4.74 Å². The average molecular weight is 195 g/mol. The molecule has 0 radical (unpaired) electrons. The molecule has 0 saturated heterocycles. The van der Waals surface area contributed by atoms with Crippen molar-refractivity contribution >= 4 is 12.2 Å². The molecule has 4 nitrogen and oxygen atoms in total. The Hall–Kier alpha value is -1.58. The number of aromatic nitrogens is 2. The third-order valence-corrected chi connectivity index (χ3v) is 1.95. The highest BCUT2D eigenvalue weighted by molar-refractivity contribution is 5.68. The topological polar surface area (TPSA) is 35.1 Å². The zero-order valence-corrected chi connectivity index (χ0v) is 8.35. The molecule has 14 heavy (non-hydrogen) atoms. The maximum Gasteiger partial charge on any atom is 0.305 e. The van der Waals surface area contributed by atoms with Gasteiger partial charge in [0.2, 0.25) is 6.33 Å². The first kappa shape index (κ1) is 10.5. The molecule has 0 aliphatic carbocycles. The summed E-state index contributed by atoms with van der Waals surface area (Å²) in [7, 11) is 1.41. The average Bonchev–Trinajstić information content (AvgIpc) is 2.65. The van der Waals surface area contributed by atoms with Gasteiger partial charge in [-0.2, -0.15) is 0 Å². The lowest BCUT2D eigenvalue weighted by Gasteiger charge is -1.96. The molecule has 0 atom stereocenters. The van der Waals surface area contributed by atoms with E-state index in [4.69, 9.17) is 0 Å². The van der Waals surface area contributed by atoms with E-state index in [1.165, 1.54) is 7.11 Å². The molecule has 0 bridgehead atoms. The summed E-state index contributed by atoms with van der Waals surface area (Å²) in [5.41, 5.74) is 0. The van der Waals surface area contributed by atoms with Gasteiger partial charge in [-0.25, -0.2) is 9.13 Å². The van der Waals surface area contributed by atoms with Crippen molar-refractivity contribution < 1.29 is 14.1 Å². The Morgan fingerprint density at radius 1 is 1.71 bits per heavy atom. The number of carbonyl (C=O) groups is 1. The highest BCUT2D eigenvalue weighted by Crippen LogP contribution is 1.92. The van der Waals surface area contributed by atoms with Crippen molar-refractivity contribution in [3.63, 3.8) is 0 Å². The molecule has 0 amide bonds. The van der Waals surface area contributed by atoms with Crippen molar-refractivity contribution in [3.8, 4) is 0 Å². The normalized spacial score (nSPS) is 9.79. The highest BCUT2D eigenvalue weighted by Gasteiger charge is 2.03. The molecule has 0 aliphatic rings. The van der Waals surface area contributed by atoms with Crippen molar-refractivity contribution in [2.75, 3.05) is 7.11 Å². The summed E-state index contributed by atoms with van der Waals surface area (Å²) in [5.74, 6) is -0.159. The molecule has 0 unspecified atom stereocenters. The van der Waals surface area contributed by atoms with E-state index in [9.17, 15) is 4.79 Å². The van der Waals surface area contributed by atoms with Gasteiger partial charge in [-0.15, -0.1) is 0 Å². The fourth-order valence-electron chi connectivity index (χ4n) is 1.16. The zero-order chi connectivity index (χ0) is 10.4. The quantitative estimate of drug-likeness (QED) is 0.515. The molecular weight excluding hydrogens is 180 g/mol. The van der Waals surface area contributed by atoms with Crippen LogP contribution >= 0.6 is 0 Å². The number of nitrogens with zero attached hydrogens (tertiary/aromatic N) is 2. The van der Waals surface area contributed by atoms with Crippen molar-refractivity contribution in [1.82, 2.24) is 4.57 Å². The minimum atomic E-state index is -0.159. The number of rotatable bonds is 5. The predicted molar refractivity (Wildman–Crippen MR) is 52.3 cm³/mol. The van der Waals surface area contributed by atoms with Crippen molar-refractivity contribution in [1.29, 1.82) is 0 Å². The molecule has 1 aromatic rings. The summed E-state index contributed by atoms with van der Waals surface area (Å²) in [6, 6.07) is 0. The van der Waals surface area contributed by atoms with Crippen LogP contribution in [0.3, 0.4) is 0 Å². The second kappa shape index (κ2) is 5.21. The smallest absolute Gasteiger partial charge is 0.305 e. The van der Waals surface area contributed by atoms with E-state index in [2.05, 4.69) is 11.3 Å². The molecule has 0 N–H and O–H groups in total. The molecule has 76 valence electrons. The summed E-state index contributed by atoms with van der Waals surface area (Å²) in [6.45, 7) is 4.46. The van der Waals surface area contributed by atoms with Crippen LogP contribution in [0.2, 0.25) is 0 Å². The fourth-order valence-corrected chi connectivity index (χ4v) is 1.16. The SMILES string of the molecule is C=Cn1cc[n+](CCCC(=O)OC)c1. The third-order valence-electron chi connectivity index (χ3n) is 1.95.